The van der Waals surface area contributed by atoms with E-state index in [0.29, 0.717) is 24.1 Å². The first-order valence-electron chi connectivity index (χ1n) is 21.4. The van der Waals surface area contributed by atoms with Crippen molar-refractivity contribution in [2.45, 2.75) is 174 Å². The van der Waals surface area contributed by atoms with E-state index in [2.05, 4.69) is 62.5 Å². The molecule has 0 N–H and O–H groups in total. The number of rotatable bonds is 39. The molecule has 0 aliphatic carbocycles. The maximum absolute atomic E-state index is 12.7. The van der Waals surface area contributed by atoms with E-state index in [1.54, 1.807) is 0 Å². The maximum atomic E-state index is 12.7. The number of ether oxygens (including phenoxy) is 2. The molecule has 0 aliphatic heterocycles. The second-order valence-corrected chi connectivity index (χ2v) is 16.8. The van der Waals surface area contributed by atoms with Crippen molar-refractivity contribution in [3.05, 3.63) is 48.6 Å². The van der Waals surface area contributed by atoms with Crippen LogP contribution < -0.4 is 4.89 Å². The van der Waals surface area contributed by atoms with Crippen molar-refractivity contribution in [3.8, 4) is 0 Å². The fraction of sp³-hybridized carbons (Fsp3) is 0.795. The van der Waals surface area contributed by atoms with Crippen LogP contribution in [-0.2, 0) is 27.9 Å². The van der Waals surface area contributed by atoms with Crippen molar-refractivity contribution in [2.24, 2.45) is 0 Å². The predicted molar refractivity (Wildman–Crippen MR) is 222 cm³/mol. The number of phosphoric ester groups is 1. The highest BCUT2D eigenvalue weighted by Crippen LogP contribution is 2.38. The van der Waals surface area contributed by atoms with Crippen LogP contribution in [0.25, 0.3) is 0 Å². The summed E-state index contributed by atoms with van der Waals surface area (Å²) in [7, 11) is 1.33. The molecular formula is C44H82NO7P. The third-order valence-corrected chi connectivity index (χ3v) is 9.82. The van der Waals surface area contributed by atoms with Gasteiger partial charge in [-0.05, 0) is 70.6 Å². The van der Waals surface area contributed by atoms with Gasteiger partial charge in [-0.15, -0.1) is 0 Å². The van der Waals surface area contributed by atoms with Gasteiger partial charge in [-0.1, -0.05) is 140 Å². The summed E-state index contributed by atoms with van der Waals surface area (Å²) in [4.78, 5) is 25.0. The van der Waals surface area contributed by atoms with Crippen molar-refractivity contribution in [3.63, 3.8) is 0 Å². The molecule has 9 heteroatoms. The first kappa shape index (κ1) is 51.5. The Labute approximate surface area is 327 Å². The second-order valence-electron chi connectivity index (χ2n) is 15.3. The zero-order chi connectivity index (χ0) is 39.1. The van der Waals surface area contributed by atoms with Gasteiger partial charge in [0.1, 0.15) is 19.3 Å². The fourth-order valence-corrected chi connectivity index (χ4v) is 6.20. The van der Waals surface area contributed by atoms with Crippen molar-refractivity contribution in [2.75, 3.05) is 54.1 Å². The van der Waals surface area contributed by atoms with Crippen LogP contribution in [0.4, 0.5) is 0 Å². The summed E-state index contributed by atoms with van der Waals surface area (Å²) < 4.78 is 34.5. The summed E-state index contributed by atoms with van der Waals surface area (Å²) >= 11 is 0. The number of hydrogen-bond acceptors (Lipinski definition) is 7. The highest BCUT2D eigenvalue weighted by molar-refractivity contribution is 7.45. The summed E-state index contributed by atoms with van der Waals surface area (Å²) in [5.41, 5.74) is 0. The molecule has 8 nitrogen and oxygen atoms in total. The Morgan fingerprint density at radius 2 is 1.06 bits per heavy atom. The minimum Gasteiger partial charge on any atom is -0.756 e. The largest absolute Gasteiger partial charge is 0.756 e. The van der Waals surface area contributed by atoms with Gasteiger partial charge in [-0.3, -0.25) is 9.36 Å². The smallest absolute Gasteiger partial charge is 0.306 e. The van der Waals surface area contributed by atoms with Gasteiger partial charge in [0.05, 0.1) is 34.4 Å². The van der Waals surface area contributed by atoms with Crippen LogP contribution in [-0.4, -0.2) is 70.7 Å². The van der Waals surface area contributed by atoms with E-state index in [1.807, 2.05) is 21.1 Å². The van der Waals surface area contributed by atoms with Gasteiger partial charge in [-0.25, -0.2) is 0 Å². The Hall–Kier alpha value is -1.54. The van der Waals surface area contributed by atoms with Crippen LogP contribution in [0.5, 0.6) is 0 Å². The van der Waals surface area contributed by atoms with Gasteiger partial charge in [-0.2, -0.15) is 0 Å². The third kappa shape index (κ3) is 41.5. The van der Waals surface area contributed by atoms with Gasteiger partial charge in [0.2, 0.25) is 0 Å². The molecule has 0 aromatic heterocycles. The van der Waals surface area contributed by atoms with Crippen molar-refractivity contribution in [1.29, 1.82) is 0 Å². The van der Waals surface area contributed by atoms with E-state index >= 15 is 0 Å². The minimum atomic E-state index is -4.53. The summed E-state index contributed by atoms with van der Waals surface area (Å²) in [6.45, 7) is 5.30. The number of likely N-dealkylation sites (N-methyl/N-ethyl adjacent to an activating group) is 1. The average molecular weight is 768 g/mol. The second kappa shape index (κ2) is 37.4. The number of phosphoric acid groups is 1. The highest BCUT2D eigenvalue weighted by Gasteiger charge is 2.20. The number of carbonyl (C=O) groups excluding carboxylic acids is 1. The molecule has 0 radical (unpaired) electrons. The molecule has 2 unspecified atom stereocenters. The number of quaternary nitrogens is 1. The fourth-order valence-electron chi connectivity index (χ4n) is 5.47. The molecule has 53 heavy (non-hydrogen) atoms. The predicted octanol–water partition coefficient (Wildman–Crippen LogP) is 11.7. The van der Waals surface area contributed by atoms with Crippen LogP contribution in [0.2, 0.25) is 0 Å². The number of carbonyl (C=O) groups is 1. The van der Waals surface area contributed by atoms with Crippen molar-refractivity contribution in [1.82, 2.24) is 0 Å². The van der Waals surface area contributed by atoms with Crippen LogP contribution >= 0.6 is 7.82 Å². The number of esters is 1. The SMILES string of the molecule is CCCC/C=C\C/C=C\CCCCCCCCOCC(COP(=O)([O-])OCC[N+](C)(C)C)OC(=O)CCCCCCC/C=C\C/C=C\CCCCCC. The van der Waals surface area contributed by atoms with Gasteiger partial charge in [0.25, 0.3) is 7.82 Å². The molecule has 0 amide bonds. The van der Waals surface area contributed by atoms with E-state index in [1.165, 1.54) is 70.6 Å². The first-order chi connectivity index (χ1) is 25.6. The molecule has 0 rings (SSSR count). The highest BCUT2D eigenvalue weighted by atomic mass is 31.2. The zero-order valence-corrected chi connectivity index (χ0v) is 35.8. The quantitative estimate of drug-likeness (QED) is 0.0202. The van der Waals surface area contributed by atoms with Crippen molar-refractivity contribution < 1.29 is 37.3 Å². The number of hydrogen-bond donors (Lipinski definition) is 0. The summed E-state index contributed by atoms with van der Waals surface area (Å²) in [6.07, 6.45) is 44.0. The van der Waals surface area contributed by atoms with Crippen LogP contribution in [0.15, 0.2) is 48.6 Å². The Morgan fingerprint density at radius 3 is 1.58 bits per heavy atom. The zero-order valence-electron chi connectivity index (χ0n) is 35.0. The molecule has 0 bridgehead atoms. The summed E-state index contributed by atoms with van der Waals surface area (Å²) in [5.74, 6) is -0.353. The molecule has 0 heterocycles. The van der Waals surface area contributed by atoms with E-state index in [0.717, 1.165) is 77.0 Å². The molecule has 0 saturated heterocycles. The lowest BCUT2D eigenvalue weighted by atomic mass is 10.1. The minimum absolute atomic E-state index is 0.0195. The van der Waals surface area contributed by atoms with Crippen molar-refractivity contribution >= 4 is 13.8 Å². The Kier molecular flexibility index (Phi) is 36.3. The van der Waals surface area contributed by atoms with Gasteiger partial charge >= 0.3 is 5.97 Å². The molecule has 0 spiro atoms. The summed E-state index contributed by atoms with van der Waals surface area (Å²) in [5, 5.41) is 0. The van der Waals surface area contributed by atoms with E-state index in [-0.39, 0.29) is 25.8 Å². The number of allylic oxidation sites excluding steroid dienone is 8. The molecule has 0 saturated carbocycles. The Bertz CT molecular complexity index is 989. The molecule has 310 valence electrons. The lowest BCUT2D eigenvalue weighted by Crippen LogP contribution is -2.37. The summed E-state index contributed by atoms with van der Waals surface area (Å²) in [6, 6.07) is 0. The number of nitrogens with zero attached hydrogens (tertiary/aromatic N) is 1. The lowest BCUT2D eigenvalue weighted by Gasteiger charge is -2.28. The average Bonchev–Trinajstić information content (AvgIpc) is 3.11. The maximum Gasteiger partial charge on any atom is 0.306 e. The normalized spacial score (nSPS) is 14.3. The molecule has 0 aromatic rings. The standard InChI is InChI=1S/C44H82NO7P/c1-6-8-10-12-14-16-18-20-22-23-25-27-29-31-33-35-37-44(46)52-43(42-51-53(47,48)50-40-38-45(3,4)5)41-49-39-36-34-32-30-28-26-24-21-19-17-15-13-11-9-7-2/h13,15-16,18-19,21-23,43H,6-12,14,17,20,24-42H2,1-5H3/b15-13-,18-16-,21-19-,23-22-. The topological polar surface area (TPSA) is 94.1 Å². The first-order valence-corrected chi connectivity index (χ1v) is 22.8. The molecular weight excluding hydrogens is 685 g/mol. The number of unbranched alkanes of at least 4 members (excludes halogenated alkanes) is 17. The van der Waals surface area contributed by atoms with E-state index in [9.17, 15) is 14.3 Å². The monoisotopic (exact) mass is 768 g/mol. The molecule has 0 aliphatic rings. The van der Waals surface area contributed by atoms with Gasteiger partial charge in [0, 0.05) is 13.0 Å². The lowest BCUT2D eigenvalue weighted by molar-refractivity contribution is -0.870. The third-order valence-electron chi connectivity index (χ3n) is 8.85. The van der Waals surface area contributed by atoms with Gasteiger partial charge in [0.15, 0.2) is 0 Å². The van der Waals surface area contributed by atoms with Gasteiger partial charge < -0.3 is 27.9 Å². The van der Waals surface area contributed by atoms with Crippen LogP contribution in [0.3, 0.4) is 0 Å². The molecule has 2 atom stereocenters. The Balaban J connectivity index is 4.31. The van der Waals surface area contributed by atoms with E-state index < -0.39 is 13.9 Å². The molecule has 0 aromatic carbocycles. The van der Waals surface area contributed by atoms with E-state index in [4.69, 9.17) is 18.5 Å². The Morgan fingerprint density at radius 1 is 0.585 bits per heavy atom. The van der Waals surface area contributed by atoms with Crippen LogP contribution in [0.1, 0.15) is 168 Å². The molecule has 0 fully saturated rings. The van der Waals surface area contributed by atoms with Crippen LogP contribution in [0, 0.1) is 0 Å².